The van der Waals surface area contributed by atoms with E-state index in [0.717, 1.165) is 49.8 Å². The fourth-order valence-electron chi connectivity index (χ4n) is 2.82. The lowest BCUT2D eigenvalue weighted by atomic mass is 10.1. The number of carbonyl (C=O) groups is 2. The minimum Gasteiger partial charge on any atom is -0.379 e. The zero-order chi connectivity index (χ0) is 19.9. The molecule has 2 rings (SSSR count). The van der Waals surface area contributed by atoms with Gasteiger partial charge in [-0.25, -0.2) is 8.42 Å². The Hall–Kier alpha value is -1.97. The van der Waals surface area contributed by atoms with Crippen molar-refractivity contribution in [1.82, 2.24) is 10.2 Å². The van der Waals surface area contributed by atoms with Crippen LogP contribution in [0.3, 0.4) is 0 Å². The minimum atomic E-state index is -3.66. The van der Waals surface area contributed by atoms with Crippen LogP contribution in [0, 0.1) is 0 Å². The predicted octanol–water partition coefficient (Wildman–Crippen LogP) is 0.494. The fraction of sp³-hybridized carbons (Fsp3) is 0.556. The molecule has 8 nitrogen and oxygen atoms in total. The highest BCUT2D eigenvalue weighted by molar-refractivity contribution is 7.92. The highest BCUT2D eigenvalue weighted by atomic mass is 32.2. The van der Waals surface area contributed by atoms with E-state index in [1.54, 1.807) is 18.2 Å². The quantitative estimate of drug-likeness (QED) is 0.481. The van der Waals surface area contributed by atoms with Crippen molar-refractivity contribution in [3.05, 3.63) is 29.8 Å². The summed E-state index contributed by atoms with van der Waals surface area (Å²) in [5.74, 6) is -0.548. The van der Waals surface area contributed by atoms with Gasteiger partial charge in [-0.1, -0.05) is 12.1 Å². The molecule has 0 spiro atoms. The van der Waals surface area contributed by atoms with Crippen molar-refractivity contribution in [1.29, 1.82) is 0 Å². The summed E-state index contributed by atoms with van der Waals surface area (Å²) in [6.45, 7) is 5.67. The molecular weight excluding hydrogens is 370 g/mol. The lowest BCUT2D eigenvalue weighted by Gasteiger charge is -2.26. The van der Waals surface area contributed by atoms with Gasteiger partial charge in [0, 0.05) is 25.2 Å². The molecule has 1 fully saturated rings. The summed E-state index contributed by atoms with van der Waals surface area (Å²) >= 11 is 0. The molecule has 0 radical (unpaired) electrons. The van der Waals surface area contributed by atoms with Gasteiger partial charge in [0.05, 0.1) is 25.2 Å². The highest BCUT2D eigenvalue weighted by Crippen LogP contribution is 2.19. The number of anilines is 1. The van der Waals surface area contributed by atoms with Crippen LogP contribution < -0.4 is 9.62 Å². The Morgan fingerprint density at radius 1 is 1.26 bits per heavy atom. The van der Waals surface area contributed by atoms with E-state index in [-0.39, 0.29) is 18.2 Å². The summed E-state index contributed by atoms with van der Waals surface area (Å²) in [5.41, 5.74) is 0.695. The Morgan fingerprint density at radius 3 is 2.59 bits per heavy atom. The summed E-state index contributed by atoms with van der Waals surface area (Å²) in [4.78, 5) is 26.0. The Bertz CT molecular complexity index is 760. The standard InChI is InChI=1S/C18H27N3O5S/c1-15(22)16-5-3-6-17(13-16)21(27(2,24)25)14-18(23)19-7-4-8-20-9-11-26-12-10-20/h3,5-6,13H,4,7-12,14H2,1-2H3,(H,19,23). The third-order valence-electron chi connectivity index (χ3n) is 4.31. The van der Waals surface area contributed by atoms with Crippen LogP contribution in [0.25, 0.3) is 0 Å². The molecule has 1 amide bonds. The Balaban J connectivity index is 1.90. The van der Waals surface area contributed by atoms with Crippen molar-refractivity contribution < 1.29 is 22.7 Å². The number of ketones is 1. The largest absolute Gasteiger partial charge is 0.379 e. The van der Waals surface area contributed by atoms with Crippen molar-refractivity contribution in [2.45, 2.75) is 13.3 Å². The number of hydrogen-bond acceptors (Lipinski definition) is 6. The van der Waals surface area contributed by atoms with Crippen LogP contribution in [0.15, 0.2) is 24.3 Å². The van der Waals surface area contributed by atoms with Crippen LogP contribution in [0.1, 0.15) is 23.7 Å². The first-order valence-corrected chi connectivity index (χ1v) is 10.8. The first-order valence-electron chi connectivity index (χ1n) is 8.93. The van der Waals surface area contributed by atoms with Crippen molar-refractivity contribution >= 4 is 27.4 Å². The molecular formula is C18H27N3O5S. The molecule has 0 saturated carbocycles. The number of rotatable bonds is 9. The molecule has 0 atom stereocenters. The average molecular weight is 397 g/mol. The minimum absolute atomic E-state index is 0.169. The molecule has 0 unspecified atom stereocenters. The van der Waals surface area contributed by atoms with Gasteiger partial charge in [-0.3, -0.25) is 18.8 Å². The van der Waals surface area contributed by atoms with E-state index in [4.69, 9.17) is 4.74 Å². The third kappa shape index (κ3) is 6.93. The average Bonchev–Trinajstić information content (AvgIpc) is 2.63. The lowest BCUT2D eigenvalue weighted by molar-refractivity contribution is -0.119. The molecule has 0 bridgehead atoms. The number of hydrogen-bond donors (Lipinski definition) is 1. The molecule has 0 aliphatic carbocycles. The van der Waals surface area contributed by atoms with E-state index in [9.17, 15) is 18.0 Å². The second-order valence-electron chi connectivity index (χ2n) is 6.53. The SMILES string of the molecule is CC(=O)c1cccc(N(CC(=O)NCCCN2CCOCC2)S(C)(=O)=O)c1. The van der Waals surface area contributed by atoms with Gasteiger partial charge in [-0.05, 0) is 32.0 Å². The monoisotopic (exact) mass is 397 g/mol. The maximum absolute atomic E-state index is 12.2. The molecule has 1 aromatic carbocycles. The molecule has 1 aromatic rings. The number of carbonyl (C=O) groups excluding carboxylic acids is 2. The topological polar surface area (TPSA) is 96.0 Å². The molecule has 27 heavy (non-hydrogen) atoms. The Labute approximate surface area is 160 Å². The van der Waals surface area contributed by atoms with E-state index in [1.807, 2.05) is 0 Å². The molecule has 150 valence electrons. The van der Waals surface area contributed by atoms with Crippen LogP contribution in [0.2, 0.25) is 0 Å². The Kier molecular flexibility index (Phi) is 7.76. The van der Waals surface area contributed by atoms with Gasteiger partial charge < -0.3 is 10.1 Å². The van der Waals surface area contributed by atoms with Gasteiger partial charge in [0.15, 0.2) is 5.78 Å². The van der Waals surface area contributed by atoms with Gasteiger partial charge in [-0.2, -0.15) is 0 Å². The van der Waals surface area contributed by atoms with Crippen LogP contribution in [-0.4, -0.2) is 77.2 Å². The van der Waals surface area contributed by atoms with Crippen LogP contribution in [0.5, 0.6) is 0 Å². The normalized spacial score (nSPS) is 15.3. The summed E-state index contributed by atoms with van der Waals surface area (Å²) in [6.07, 6.45) is 1.82. The second-order valence-corrected chi connectivity index (χ2v) is 8.44. The summed E-state index contributed by atoms with van der Waals surface area (Å²) in [6, 6.07) is 6.26. The maximum atomic E-state index is 12.2. The van der Waals surface area contributed by atoms with Gasteiger partial charge in [-0.15, -0.1) is 0 Å². The zero-order valence-corrected chi connectivity index (χ0v) is 16.6. The number of ether oxygens (including phenoxy) is 1. The van der Waals surface area contributed by atoms with Crippen molar-refractivity contribution in [3.63, 3.8) is 0 Å². The van der Waals surface area contributed by atoms with E-state index >= 15 is 0 Å². The highest BCUT2D eigenvalue weighted by Gasteiger charge is 2.21. The number of morpholine rings is 1. The number of nitrogens with one attached hydrogen (secondary N) is 1. The van der Waals surface area contributed by atoms with Crippen molar-refractivity contribution in [3.8, 4) is 0 Å². The number of nitrogens with zero attached hydrogens (tertiary/aromatic N) is 2. The second kappa shape index (κ2) is 9.82. The number of Topliss-reactive ketones (excluding diaryl/α,β-unsaturated/α-hetero) is 1. The fourth-order valence-corrected chi connectivity index (χ4v) is 3.67. The first-order chi connectivity index (χ1) is 12.8. The number of amides is 1. The number of benzene rings is 1. The van der Waals surface area contributed by atoms with E-state index < -0.39 is 10.0 Å². The smallest absolute Gasteiger partial charge is 0.240 e. The lowest BCUT2D eigenvalue weighted by Crippen LogP contribution is -2.42. The molecule has 1 aliphatic heterocycles. The van der Waals surface area contributed by atoms with E-state index in [1.165, 1.54) is 13.0 Å². The Morgan fingerprint density at radius 2 is 1.96 bits per heavy atom. The van der Waals surface area contributed by atoms with Crippen LogP contribution >= 0.6 is 0 Å². The summed E-state index contributed by atoms with van der Waals surface area (Å²) in [5, 5.41) is 2.76. The predicted molar refractivity (Wildman–Crippen MR) is 104 cm³/mol. The van der Waals surface area contributed by atoms with Crippen LogP contribution in [-0.2, 0) is 19.6 Å². The molecule has 1 aliphatic rings. The molecule has 1 saturated heterocycles. The van der Waals surface area contributed by atoms with E-state index in [2.05, 4.69) is 10.2 Å². The zero-order valence-electron chi connectivity index (χ0n) is 15.8. The van der Waals surface area contributed by atoms with Crippen molar-refractivity contribution in [2.75, 3.05) is 56.5 Å². The van der Waals surface area contributed by atoms with Crippen molar-refractivity contribution in [2.24, 2.45) is 0 Å². The maximum Gasteiger partial charge on any atom is 0.240 e. The van der Waals surface area contributed by atoms with Crippen LogP contribution in [0.4, 0.5) is 5.69 Å². The van der Waals surface area contributed by atoms with Gasteiger partial charge in [0.1, 0.15) is 6.54 Å². The third-order valence-corrected chi connectivity index (χ3v) is 5.45. The molecule has 9 heteroatoms. The molecule has 0 aromatic heterocycles. The first kappa shape index (κ1) is 21.3. The summed E-state index contributed by atoms with van der Waals surface area (Å²) < 4.78 is 30.6. The number of sulfonamides is 1. The van der Waals surface area contributed by atoms with E-state index in [0.29, 0.717) is 17.8 Å². The molecule has 1 heterocycles. The van der Waals surface area contributed by atoms with Gasteiger partial charge in [0.2, 0.25) is 15.9 Å². The van der Waals surface area contributed by atoms with Gasteiger partial charge >= 0.3 is 0 Å². The summed E-state index contributed by atoms with van der Waals surface area (Å²) in [7, 11) is -3.66. The molecule has 1 N–H and O–H groups in total. The van der Waals surface area contributed by atoms with Gasteiger partial charge in [0.25, 0.3) is 0 Å².